The first-order valence-corrected chi connectivity index (χ1v) is 6.20. The zero-order valence-corrected chi connectivity index (χ0v) is 10.8. The van der Waals surface area contributed by atoms with Crippen LogP contribution >= 0.6 is 12.4 Å². The van der Waals surface area contributed by atoms with Crippen molar-refractivity contribution in [1.29, 1.82) is 0 Å². The van der Waals surface area contributed by atoms with Crippen LogP contribution in [0.1, 0.15) is 18.4 Å². The minimum atomic E-state index is -3.40. The Labute approximate surface area is 101 Å². The fraction of sp³-hybridized carbons (Fsp3) is 0.625. The van der Waals surface area contributed by atoms with E-state index in [1.807, 2.05) is 0 Å². The molecule has 0 aliphatic heterocycles. The first-order chi connectivity index (χ1) is 6.93. The van der Waals surface area contributed by atoms with Gasteiger partial charge in [0.1, 0.15) is 5.75 Å². The van der Waals surface area contributed by atoms with Crippen molar-refractivity contribution in [3.05, 3.63) is 17.5 Å². The van der Waals surface area contributed by atoms with Crippen LogP contribution < -0.4 is 10.5 Å². The van der Waals surface area contributed by atoms with Crippen molar-refractivity contribution >= 4 is 22.4 Å². The van der Waals surface area contributed by atoms with Crippen molar-refractivity contribution in [1.82, 2.24) is 9.88 Å². The van der Waals surface area contributed by atoms with E-state index in [2.05, 4.69) is 9.88 Å². The van der Waals surface area contributed by atoms with Crippen molar-refractivity contribution in [2.24, 2.45) is 5.73 Å². The maximum atomic E-state index is 11.5. The molecule has 0 aliphatic rings. The molecular weight excluding hydrogens is 254 g/mol. The third-order valence-electron chi connectivity index (χ3n) is 1.74. The van der Waals surface area contributed by atoms with Gasteiger partial charge in [-0.15, -0.1) is 12.4 Å². The van der Waals surface area contributed by atoms with E-state index in [1.54, 1.807) is 19.9 Å². The molecule has 1 aromatic rings. The zero-order chi connectivity index (χ0) is 11.5. The lowest BCUT2D eigenvalue weighted by molar-refractivity contribution is 0.388. The topological polar surface area (TPSA) is 98.2 Å². The molecule has 0 amide bonds. The second kappa shape index (κ2) is 6.19. The summed E-state index contributed by atoms with van der Waals surface area (Å²) in [4.78, 5) is 0. The number of nitrogens with one attached hydrogen (secondary N) is 1. The Morgan fingerprint density at radius 2 is 2.25 bits per heavy atom. The summed E-state index contributed by atoms with van der Waals surface area (Å²) in [5.41, 5.74) is 5.97. The summed E-state index contributed by atoms with van der Waals surface area (Å²) in [6, 6.07) is 1.31. The van der Waals surface area contributed by atoms with Crippen molar-refractivity contribution < 1.29 is 12.9 Å². The van der Waals surface area contributed by atoms with E-state index in [1.165, 1.54) is 0 Å². The average Bonchev–Trinajstić information content (AvgIpc) is 2.49. The van der Waals surface area contributed by atoms with E-state index in [-0.39, 0.29) is 30.7 Å². The van der Waals surface area contributed by atoms with Gasteiger partial charge in [-0.05, 0) is 13.8 Å². The first-order valence-electron chi connectivity index (χ1n) is 4.55. The summed E-state index contributed by atoms with van der Waals surface area (Å²) >= 11 is 0. The fourth-order valence-corrected chi connectivity index (χ4v) is 2.37. The summed E-state index contributed by atoms with van der Waals surface area (Å²) < 4.78 is 30.3. The van der Waals surface area contributed by atoms with Crippen molar-refractivity contribution in [2.45, 2.75) is 25.6 Å². The second-order valence-corrected chi connectivity index (χ2v) is 5.20. The number of hydrogen-bond acceptors (Lipinski definition) is 5. The lowest BCUT2D eigenvalue weighted by Crippen LogP contribution is -2.38. The van der Waals surface area contributed by atoms with E-state index >= 15 is 0 Å². The van der Waals surface area contributed by atoms with E-state index in [4.69, 9.17) is 10.3 Å². The van der Waals surface area contributed by atoms with Crippen LogP contribution in [0.2, 0.25) is 0 Å². The van der Waals surface area contributed by atoms with Gasteiger partial charge in [-0.25, -0.2) is 13.1 Å². The highest BCUT2D eigenvalue weighted by Crippen LogP contribution is 2.06. The number of aryl methyl sites for hydroxylation is 1. The van der Waals surface area contributed by atoms with Crippen LogP contribution in [-0.4, -0.2) is 26.2 Å². The largest absolute Gasteiger partial charge is 0.360 e. The molecule has 1 atom stereocenters. The molecule has 0 aromatic carbocycles. The van der Waals surface area contributed by atoms with E-state index in [0.717, 1.165) is 0 Å². The Hall–Kier alpha value is -0.630. The number of hydrogen-bond donors (Lipinski definition) is 2. The number of nitrogens with zero attached hydrogens (tertiary/aromatic N) is 1. The molecule has 0 bridgehead atoms. The number of halogens is 1. The molecule has 0 aliphatic carbocycles. The summed E-state index contributed by atoms with van der Waals surface area (Å²) in [5.74, 6) is 0.113. The van der Waals surface area contributed by atoms with Gasteiger partial charge < -0.3 is 10.3 Å². The van der Waals surface area contributed by atoms with Crippen LogP contribution in [-0.2, 0) is 15.8 Å². The van der Waals surface area contributed by atoms with Crippen LogP contribution in [0.3, 0.4) is 0 Å². The Kier molecular flexibility index (Phi) is 5.95. The summed E-state index contributed by atoms with van der Waals surface area (Å²) in [5, 5.41) is 3.61. The lowest BCUT2D eigenvalue weighted by atomic mass is 10.4. The van der Waals surface area contributed by atoms with Gasteiger partial charge in [-0.3, -0.25) is 0 Å². The van der Waals surface area contributed by atoms with Gasteiger partial charge in [0.15, 0.2) is 5.76 Å². The Balaban J connectivity index is 0.00000225. The molecule has 0 radical (unpaired) electrons. The molecule has 1 aromatic heterocycles. The van der Waals surface area contributed by atoms with Gasteiger partial charge in [0.25, 0.3) is 0 Å². The molecule has 1 heterocycles. The maximum absolute atomic E-state index is 11.5. The SMILES string of the molecule is Cc1cc(CS(=O)(=O)N[C@@H](C)CN)on1.Cl. The third kappa shape index (κ3) is 4.93. The molecular formula is C8H16ClN3O3S. The number of rotatable bonds is 5. The predicted octanol–water partition coefficient (Wildman–Crippen LogP) is 0.171. The van der Waals surface area contributed by atoms with Gasteiger partial charge in [0.2, 0.25) is 10.0 Å². The molecule has 94 valence electrons. The highest BCUT2D eigenvalue weighted by Gasteiger charge is 2.16. The van der Waals surface area contributed by atoms with Gasteiger partial charge in [0, 0.05) is 18.7 Å². The summed E-state index contributed by atoms with van der Waals surface area (Å²) in [7, 11) is -3.40. The zero-order valence-electron chi connectivity index (χ0n) is 9.13. The van der Waals surface area contributed by atoms with E-state index in [9.17, 15) is 8.42 Å². The minimum absolute atomic E-state index is 0. The number of sulfonamides is 1. The first kappa shape index (κ1) is 15.4. The lowest BCUT2D eigenvalue weighted by Gasteiger charge is -2.10. The normalized spacial score (nSPS) is 13.2. The molecule has 8 heteroatoms. The van der Waals surface area contributed by atoms with Crippen LogP contribution in [0.4, 0.5) is 0 Å². The van der Waals surface area contributed by atoms with Crippen molar-refractivity contribution in [2.75, 3.05) is 6.54 Å². The van der Waals surface area contributed by atoms with Gasteiger partial charge >= 0.3 is 0 Å². The smallest absolute Gasteiger partial charge is 0.219 e. The third-order valence-corrected chi connectivity index (χ3v) is 3.17. The van der Waals surface area contributed by atoms with E-state index < -0.39 is 10.0 Å². The van der Waals surface area contributed by atoms with E-state index in [0.29, 0.717) is 11.5 Å². The maximum Gasteiger partial charge on any atom is 0.219 e. The van der Waals surface area contributed by atoms with Crippen LogP contribution in [0.5, 0.6) is 0 Å². The summed E-state index contributed by atoms with van der Waals surface area (Å²) in [6.45, 7) is 3.69. The Morgan fingerprint density at radius 3 is 2.69 bits per heavy atom. The standard InChI is InChI=1S/C8H15N3O3S.ClH/c1-6-3-8(14-10-6)5-15(12,13)11-7(2)4-9;/h3,7,11H,4-5,9H2,1-2H3;1H/t7-;/m0./s1. The number of nitrogens with two attached hydrogens (primary N) is 1. The van der Waals surface area contributed by atoms with Gasteiger partial charge in [-0.2, -0.15) is 0 Å². The molecule has 0 saturated heterocycles. The molecule has 0 saturated carbocycles. The minimum Gasteiger partial charge on any atom is -0.360 e. The number of aromatic nitrogens is 1. The molecule has 3 N–H and O–H groups in total. The highest BCUT2D eigenvalue weighted by molar-refractivity contribution is 7.88. The van der Waals surface area contributed by atoms with Gasteiger partial charge in [0.05, 0.1) is 5.69 Å². The Morgan fingerprint density at radius 1 is 1.62 bits per heavy atom. The molecule has 0 spiro atoms. The average molecular weight is 270 g/mol. The molecule has 0 unspecified atom stereocenters. The second-order valence-electron chi connectivity index (χ2n) is 3.45. The predicted molar refractivity (Wildman–Crippen MR) is 62.8 cm³/mol. The Bertz CT molecular complexity index is 418. The molecule has 1 rings (SSSR count). The molecule has 0 fully saturated rings. The van der Waals surface area contributed by atoms with Crippen LogP contribution in [0, 0.1) is 6.92 Å². The van der Waals surface area contributed by atoms with Crippen molar-refractivity contribution in [3.8, 4) is 0 Å². The monoisotopic (exact) mass is 269 g/mol. The quantitative estimate of drug-likeness (QED) is 0.794. The van der Waals surface area contributed by atoms with Crippen LogP contribution in [0.15, 0.2) is 10.6 Å². The fourth-order valence-electron chi connectivity index (χ4n) is 1.07. The molecule has 6 nitrogen and oxygen atoms in total. The molecule has 16 heavy (non-hydrogen) atoms. The van der Waals surface area contributed by atoms with Gasteiger partial charge in [-0.1, -0.05) is 5.16 Å². The summed E-state index contributed by atoms with van der Waals surface area (Å²) in [6.07, 6.45) is 0. The van der Waals surface area contributed by atoms with Crippen molar-refractivity contribution in [3.63, 3.8) is 0 Å². The highest BCUT2D eigenvalue weighted by atomic mass is 35.5. The van der Waals surface area contributed by atoms with Crippen LogP contribution in [0.25, 0.3) is 0 Å².